The van der Waals surface area contributed by atoms with Crippen molar-refractivity contribution in [3.05, 3.63) is 63.0 Å². The minimum absolute atomic E-state index is 0.00678. The molecule has 27 heavy (non-hydrogen) atoms. The zero-order valence-electron chi connectivity index (χ0n) is 15.2. The van der Waals surface area contributed by atoms with Gasteiger partial charge in [-0.25, -0.2) is 0 Å². The van der Waals surface area contributed by atoms with Gasteiger partial charge in [-0.3, -0.25) is 4.79 Å². The summed E-state index contributed by atoms with van der Waals surface area (Å²) >= 11 is 14.2. The van der Waals surface area contributed by atoms with Crippen molar-refractivity contribution in [1.29, 1.82) is 0 Å². The van der Waals surface area contributed by atoms with Crippen LogP contribution in [-0.2, 0) is 0 Å². The van der Waals surface area contributed by atoms with E-state index in [9.17, 15) is 4.79 Å². The van der Waals surface area contributed by atoms with Gasteiger partial charge in [-0.1, -0.05) is 47.0 Å². The molecule has 140 valence electrons. The maximum Gasteiger partial charge on any atom is 0.265 e. The topological polar surface area (TPSA) is 23.6 Å². The lowest BCUT2D eigenvalue weighted by molar-refractivity contribution is 0.0731. The quantitative estimate of drug-likeness (QED) is 0.519. The molecule has 1 aromatic heterocycles. The minimum atomic E-state index is -0.00678. The Morgan fingerprint density at radius 3 is 2.52 bits per heavy atom. The Kier molecular flexibility index (Phi) is 5.06. The second-order valence-corrected chi connectivity index (χ2v) is 8.82. The van der Waals surface area contributed by atoms with Gasteiger partial charge in [-0.05, 0) is 38.1 Å². The number of fused-ring (bicyclic) bond motifs is 1. The average Bonchev–Trinajstić information content (AvgIpc) is 3.00. The summed E-state index contributed by atoms with van der Waals surface area (Å²) in [4.78, 5) is 18.0. The van der Waals surface area contributed by atoms with E-state index in [-0.39, 0.29) is 11.9 Å². The Labute approximate surface area is 173 Å². The molecule has 0 saturated carbocycles. The smallest absolute Gasteiger partial charge is 0.265 e. The van der Waals surface area contributed by atoms with Crippen LogP contribution in [0.25, 0.3) is 10.1 Å². The minimum Gasteiger partial charge on any atom is -0.365 e. The van der Waals surface area contributed by atoms with Crippen molar-refractivity contribution in [2.45, 2.75) is 19.9 Å². The Hall–Kier alpha value is -1.75. The summed E-state index contributed by atoms with van der Waals surface area (Å²) in [5.41, 5.74) is 2.45. The van der Waals surface area contributed by atoms with E-state index in [0.29, 0.717) is 28.0 Å². The number of amides is 1. The number of aryl methyl sites for hydroxylation is 1. The van der Waals surface area contributed by atoms with Crippen LogP contribution in [0.2, 0.25) is 10.0 Å². The van der Waals surface area contributed by atoms with Gasteiger partial charge in [0.2, 0.25) is 0 Å². The lowest BCUT2D eigenvalue weighted by Crippen LogP contribution is -2.53. The second-order valence-electron chi connectivity index (χ2n) is 6.99. The highest BCUT2D eigenvalue weighted by molar-refractivity contribution is 7.21. The molecule has 1 atom stereocenters. The monoisotopic (exact) mass is 418 g/mol. The maximum atomic E-state index is 13.1. The van der Waals surface area contributed by atoms with Crippen LogP contribution >= 0.6 is 34.5 Å². The number of hydrogen-bond acceptors (Lipinski definition) is 3. The normalized spacial score (nSPS) is 17.6. The van der Waals surface area contributed by atoms with Gasteiger partial charge < -0.3 is 9.80 Å². The van der Waals surface area contributed by atoms with E-state index < -0.39 is 0 Å². The number of piperazine rings is 1. The number of halogens is 2. The third kappa shape index (κ3) is 3.42. The second kappa shape index (κ2) is 7.34. The molecule has 3 nitrogen and oxygen atoms in total. The molecule has 6 heteroatoms. The zero-order chi connectivity index (χ0) is 19.1. The number of carbonyl (C=O) groups is 1. The molecule has 2 aromatic carbocycles. The zero-order valence-corrected chi connectivity index (χ0v) is 17.5. The summed E-state index contributed by atoms with van der Waals surface area (Å²) in [6, 6.07) is 14.4. The lowest BCUT2D eigenvalue weighted by Gasteiger charge is -2.41. The molecule has 0 aliphatic carbocycles. The van der Waals surface area contributed by atoms with Crippen LogP contribution in [0.3, 0.4) is 0 Å². The molecule has 0 N–H and O–H groups in total. The van der Waals surface area contributed by atoms with Crippen molar-refractivity contribution in [1.82, 2.24) is 4.90 Å². The van der Waals surface area contributed by atoms with E-state index in [1.54, 1.807) is 6.07 Å². The molecular weight excluding hydrogens is 399 g/mol. The number of benzene rings is 2. The lowest BCUT2D eigenvalue weighted by atomic mass is 10.1. The Morgan fingerprint density at radius 2 is 1.85 bits per heavy atom. The first-order valence-corrected chi connectivity index (χ1v) is 10.5. The molecule has 0 spiro atoms. The van der Waals surface area contributed by atoms with E-state index in [1.165, 1.54) is 22.6 Å². The van der Waals surface area contributed by atoms with Crippen LogP contribution in [0.15, 0.2) is 42.5 Å². The molecule has 1 aliphatic heterocycles. The summed E-state index contributed by atoms with van der Waals surface area (Å²) in [6.07, 6.45) is 0. The van der Waals surface area contributed by atoms with Crippen molar-refractivity contribution in [3.63, 3.8) is 0 Å². The molecule has 1 fully saturated rings. The first kappa shape index (κ1) is 18.6. The summed E-state index contributed by atoms with van der Waals surface area (Å²) in [5.74, 6) is -0.00678. The van der Waals surface area contributed by atoms with E-state index in [2.05, 4.69) is 43.0 Å². The first-order valence-electron chi connectivity index (χ1n) is 8.95. The summed E-state index contributed by atoms with van der Waals surface area (Å²) in [7, 11) is 0. The summed E-state index contributed by atoms with van der Waals surface area (Å²) in [5, 5.41) is 1.84. The number of thiophene rings is 1. The van der Waals surface area contributed by atoms with Crippen molar-refractivity contribution in [2.75, 3.05) is 24.5 Å². The fourth-order valence-corrected chi connectivity index (χ4v) is 5.53. The first-order chi connectivity index (χ1) is 13.0. The van der Waals surface area contributed by atoms with E-state index >= 15 is 0 Å². The standard InChI is InChI=1S/C21H20Cl2N2OS/c1-13-6-8-15(9-7-13)25-11-10-24(12-14(25)2)21(26)20-19(23)18-16(22)4-3-5-17(18)27-20/h3-9,14H,10-12H2,1-2H3/t14-/m0/s1. The van der Waals surface area contributed by atoms with E-state index in [4.69, 9.17) is 23.2 Å². The maximum absolute atomic E-state index is 13.1. The predicted octanol–water partition coefficient (Wildman–Crippen LogP) is 5.87. The Balaban J connectivity index is 1.55. The number of carbonyl (C=O) groups excluding carboxylic acids is 1. The molecular formula is C21H20Cl2N2OS. The van der Waals surface area contributed by atoms with Crippen LogP contribution in [0.1, 0.15) is 22.2 Å². The highest BCUT2D eigenvalue weighted by Gasteiger charge is 2.30. The van der Waals surface area contributed by atoms with Gasteiger partial charge in [0.1, 0.15) is 4.88 Å². The molecule has 4 rings (SSSR count). The van der Waals surface area contributed by atoms with Gasteiger partial charge in [0.05, 0.1) is 10.0 Å². The van der Waals surface area contributed by atoms with E-state index in [1.807, 2.05) is 17.0 Å². The fourth-order valence-electron chi connectivity index (χ4n) is 3.61. The molecule has 0 unspecified atom stereocenters. The molecule has 2 heterocycles. The van der Waals surface area contributed by atoms with Gasteiger partial charge in [-0.2, -0.15) is 0 Å². The van der Waals surface area contributed by atoms with Crippen molar-refractivity contribution < 1.29 is 4.79 Å². The summed E-state index contributed by atoms with van der Waals surface area (Å²) in [6.45, 7) is 6.40. The number of nitrogens with zero attached hydrogens (tertiary/aromatic N) is 2. The average molecular weight is 419 g/mol. The van der Waals surface area contributed by atoms with Crippen LogP contribution in [0.4, 0.5) is 5.69 Å². The third-order valence-corrected chi connectivity index (χ3v) is 7.03. The molecule has 1 amide bonds. The molecule has 1 aliphatic rings. The highest BCUT2D eigenvalue weighted by atomic mass is 35.5. The van der Waals surface area contributed by atoms with Crippen LogP contribution < -0.4 is 4.90 Å². The number of hydrogen-bond donors (Lipinski definition) is 0. The Morgan fingerprint density at radius 1 is 1.11 bits per heavy atom. The van der Waals surface area contributed by atoms with Crippen molar-refractivity contribution in [2.24, 2.45) is 0 Å². The molecule has 0 bridgehead atoms. The highest BCUT2D eigenvalue weighted by Crippen LogP contribution is 2.40. The van der Waals surface area contributed by atoms with Crippen LogP contribution in [-0.4, -0.2) is 36.5 Å². The van der Waals surface area contributed by atoms with Gasteiger partial charge >= 0.3 is 0 Å². The Bertz CT molecular complexity index is 999. The van der Waals surface area contributed by atoms with Gasteiger partial charge in [0.25, 0.3) is 5.91 Å². The predicted molar refractivity (Wildman–Crippen MR) is 116 cm³/mol. The van der Waals surface area contributed by atoms with Crippen LogP contribution in [0.5, 0.6) is 0 Å². The largest absolute Gasteiger partial charge is 0.365 e. The number of rotatable bonds is 2. The molecule has 3 aromatic rings. The van der Waals surface area contributed by atoms with Crippen LogP contribution in [0, 0.1) is 6.92 Å². The molecule has 1 saturated heterocycles. The summed E-state index contributed by atoms with van der Waals surface area (Å²) < 4.78 is 0.946. The van der Waals surface area contributed by atoms with Gasteiger partial charge in [0, 0.05) is 41.4 Å². The fraction of sp³-hybridized carbons (Fsp3) is 0.286. The van der Waals surface area contributed by atoms with Gasteiger partial charge in [0.15, 0.2) is 0 Å². The van der Waals surface area contributed by atoms with Crippen molar-refractivity contribution >= 4 is 56.2 Å². The third-order valence-electron chi connectivity index (χ3n) is 5.08. The SMILES string of the molecule is Cc1ccc(N2CCN(C(=O)c3sc4cccc(Cl)c4c3Cl)C[C@@H]2C)cc1. The van der Waals surface area contributed by atoms with Crippen molar-refractivity contribution in [3.8, 4) is 0 Å². The van der Waals surface area contributed by atoms with Gasteiger partial charge in [-0.15, -0.1) is 11.3 Å². The number of anilines is 1. The van der Waals surface area contributed by atoms with E-state index in [0.717, 1.165) is 16.6 Å². The molecule has 0 radical (unpaired) electrons.